The summed E-state index contributed by atoms with van der Waals surface area (Å²) < 4.78 is 47.0. The van der Waals surface area contributed by atoms with E-state index in [0.29, 0.717) is 40.7 Å². The molecule has 1 aliphatic heterocycles. The van der Waals surface area contributed by atoms with Crippen molar-refractivity contribution in [3.05, 3.63) is 46.0 Å². The number of rotatable bonds is 5. The summed E-state index contributed by atoms with van der Waals surface area (Å²) in [5.41, 5.74) is 0.121. The van der Waals surface area contributed by atoms with Crippen molar-refractivity contribution in [3.8, 4) is 5.75 Å². The minimum atomic E-state index is -4.37. The van der Waals surface area contributed by atoms with Gasteiger partial charge in [0.15, 0.2) is 16.3 Å². The molecule has 0 radical (unpaired) electrons. The van der Waals surface area contributed by atoms with Crippen molar-refractivity contribution in [1.29, 1.82) is 0 Å². The average molecular weight is 424 g/mol. The number of benzene rings is 1. The number of thioether (sulfide) groups is 1. The molecule has 10 heteroatoms. The van der Waals surface area contributed by atoms with Gasteiger partial charge in [-0.05, 0) is 24.3 Å². The Hall–Kier alpha value is -2.49. The Morgan fingerprint density at radius 2 is 1.97 bits per heavy atom. The van der Waals surface area contributed by atoms with E-state index in [9.17, 15) is 18.0 Å². The number of hydrogen-bond donors (Lipinski definition) is 0. The summed E-state index contributed by atoms with van der Waals surface area (Å²) in [6.45, 7) is 2.26. The summed E-state index contributed by atoms with van der Waals surface area (Å²) in [6, 6.07) is 4.51. The third kappa shape index (κ3) is 3.61. The number of nitrogens with zero attached hydrogens (tertiary/aromatic N) is 4. The van der Waals surface area contributed by atoms with Gasteiger partial charge in [0.05, 0.1) is 18.2 Å². The molecule has 1 unspecified atom stereocenters. The molecule has 1 aromatic carbocycles. The molecule has 0 saturated heterocycles. The Morgan fingerprint density at radius 1 is 1.24 bits per heavy atom. The number of hydrogen-bond acceptors (Lipinski definition) is 5. The Morgan fingerprint density at radius 3 is 2.62 bits per heavy atom. The molecule has 0 spiro atoms. The van der Waals surface area contributed by atoms with Gasteiger partial charge in [0.25, 0.3) is 5.56 Å². The van der Waals surface area contributed by atoms with Crippen LogP contribution in [0.15, 0.2) is 34.2 Å². The maximum atomic E-state index is 13.0. The number of fused-ring (bicyclic) bond motifs is 2. The van der Waals surface area contributed by atoms with E-state index in [1.54, 1.807) is 9.13 Å². The molecule has 1 atom stereocenters. The van der Waals surface area contributed by atoms with Crippen molar-refractivity contribution in [2.24, 2.45) is 7.05 Å². The van der Waals surface area contributed by atoms with E-state index in [1.165, 1.54) is 23.9 Å². The van der Waals surface area contributed by atoms with Crippen LogP contribution in [0.2, 0.25) is 0 Å². The van der Waals surface area contributed by atoms with E-state index in [0.717, 1.165) is 18.0 Å². The van der Waals surface area contributed by atoms with Crippen LogP contribution in [0.4, 0.5) is 13.2 Å². The van der Waals surface area contributed by atoms with Crippen LogP contribution < -0.4 is 10.3 Å². The van der Waals surface area contributed by atoms with Gasteiger partial charge >= 0.3 is 6.18 Å². The molecule has 0 fully saturated rings. The van der Waals surface area contributed by atoms with E-state index in [-0.39, 0.29) is 18.2 Å². The molecule has 4 rings (SSSR count). The lowest BCUT2D eigenvalue weighted by atomic mass is 10.2. The van der Waals surface area contributed by atoms with Crippen LogP contribution in [0.1, 0.15) is 30.8 Å². The van der Waals surface area contributed by atoms with Crippen molar-refractivity contribution in [3.63, 3.8) is 0 Å². The van der Waals surface area contributed by atoms with Crippen molar-refractivity contribution >= 4 is 22.9 Å². The summed E-state index contributed by atoms with van der Waals surface area (Å²) in [5.74, 6) is 1.86. The van der Waals surface area contributed by atoms with Crippen LogP contribution in [-0.4, -0.2) is 31.5 Å². The lowest BCUT2D eigenvalue weighted by Gasteiger charge is -2.14. The van der Waals surface area contributed by atoms with Crippen molar-refractivity contribution < 1.29 is 17.9 Å². The zero-order valence-corrected chi connectivity index (χ0v) is 16.7. The maximum Gasteiger partial charge on any atom is 0.416 e. The number of halogens is 3. The van der Waals surface area contributed by atoms with Crippen molar-refractivity contribution in [1.82, 2.24) is 19.1 Å². The number of imidazole rings is 1. The number of ether oxygens (including phenoxy) is 1. The fourth-order valence-electron chi connectivity index (χ4n) is 3.44. The maximum absolute atomic E-state index is 13.0. The summed E-state index contributed by atoms with van der Waals surface area (Å²) in [7, 11) is 1.81. The first-order valence-electron chi connectivity index (χ1n) is 9.20. The highest BCUT2D eigenvalue weighted by Crippen LogP contribution is 2.33. The monoisotopic (exact) mass is 424 g/mol. The zero-order chi connectivity index (χ0) is 20.8. The van der Waals surface area contributed by atoms with Crippen LogP contribution in [0.25, 0.3) is 11.2 Å². The van der Waals surface area contributed by atoms with Gasteiger partial charge in [-0.15, -0.1) is 0 Å². The zero-order valence-electron chi connectivity index (χ0n) is 15.9. The molecule has 1 aliphatic rings. The lowest BCUT2D eigenvalue weighted by Crippen LogP contribution is -2.27. The topological polar surface area (TPSA) is 61.9 Å². The first kappa shape index (κ1) is 19.8. The molecule has 0 saturated carbocycles. The smallest absolute Gasteiger partial charge is 0.416 e. The molecule has 0 bridgehead atoms. The van der Waals surface area contributed by atoms with Gasteiger partial charge in [0.2, 0.25) is 0 Å². The number of aromatic nitrogens is 4. The summed E-state index contributed by atoms with van der Waals surface area (Å²) >= 11 is 1.50. The van der Waals surface area contributed by atoms with Gasteiger partial charge in [0, 0.05) is 25.6 Å². The van der Waals surface area contributed by atoms with Crippen LogP contribution >= 0.6 is 11.8 Å². The second-order valence-corrected chi connectivity index (χ2v) is 7.79. The van der Waals surface area contributed by atoms with Crippen LogP contribution in [0.3, 0.4) is 0 Å². The molecule has 6 nitrogen and oxygen atoms in total. The predicted octanol–water partition coefficient (Wildman–Crippen LogP) is 3.83. The van der Waals surface area contributed by atoms with Crippen LogP contribution in [0.5, 0.6) is 5.75 Å². The van der Waals surface area contributed by atoms with E-state index in [2.05, 4.69) is 9.97 Å². The number of alkyl halides is 3. The standard InChI is InChI=1S/C19H19F3N4O2S/c1-3-14-23-16-15(25(14)2)17(27)26-12(10-29-18(26)24-16)8-9-28-13-6-4-11(5-7-13)19(20,21)22/h4-7,12H,3,8-10H2,1-2H3. The Balaban J connectivity index is 1.49. The largest absolute Gasteiger partial charge is 0.494 e. The Labute approximate surface area is 168 Å². The minimum absolute atomic E-state index is 0.0891. The first-order valence-corrected chi connectivity index (χ1v) is 10.2. The van der Waals surface area contributed by atoms with Gasteiger partial charge < -0.3 is 9.30 Å². The minimum Gasteiger partial charge on any atom is -0.494 e. The van der Waals surface area contributed by atoms with Gasteiger partial charge in [-0.25, -0.2) is 9.97 Å². The molecule has 29 heavy (non-hydrogen) atoms. The van der Waals surface area contributed by atoms with Gasteiger partial charge in [-0.1, -0.05) is 18.7 Å². The molecule has 0 N–H and O–H groups in total. The normalized spacial score (nSPS) is 16.4. The third-order valence-electron chi connectivity index (χ3n) is 4.99. The van der Waals surface area contributed by atoms with Crippen LogP contribution in [0, 0.1) is 0 Å². The average Bonchev–Trinajstić information content (AvgIpc) is 3.23. The molecular formula is C19H19F3N4O2S. The third-order valence-corrected chi connectivity index (χ3v) is 6.08. The van der Waals surface area contributed by atoms with Crippen LogP contribution in [-0.2, 0) is 19.6 Å². The van der Waals surface area contributed by atoms with E-state index >= 15 is 0 Å². The summed E-state index contributed by atoms with van der Waals surface area (Å²) in [5, 5.41) is 0.641. The fraction of sp³-hybridized carbons (Fsp3) is 0.421. The molecule has 3 aromatic rings. The highest BCUT2D eigenvalue weighted by atomic mass is 32.2. The van der Waals surface area contributed by atoms with E-state index in [4.69, 9.17) is 4.74 Å². The Bertz CT molecular complexity index is 1110. The van der Waals surface area contributed by atoms with E-state index in [1.807, 2.05) is 14.0 Å². The first-order chi connectivity index (χ1) is 13.8. The molecule has 0 aliphatic carbocycles. The summed E-state index contributed by atoms with van der Waals surface area (Å²) in [4.78, 5) is 22.0. The molecule has 3 heterocycles. The molecule has 0 amide bonds. The highest BCUT2D eigenvalue weighted by molar-refractivity contribution is 7.99. The second-order valence-electron chi connectivity index (χ2n) is 6.81. The quantitative estimate of drug-likeness (QED) is 0.583. The Kier molecular flexibility index (Phi) is 5.05. The SMILES string of the molecule is CCc1nc2nc3n(c(=O)c2n1C)C(CCOc1ccc(C(F)(F)F)cc1)CS3. The molecule has 2 aromatic heterocycles. The van der Waals surface area contributed by atoms with Gasteiger partial charge in [-0.2, -0.15) is 13.2 Å². The lowest BCUT2D eigenvalue weighted by molar-refractivity contribution is -0.137. The highest BCUT2D eigenvalue weighted by Gasteiger charge is 2.30. The fourth-order valence-corrected chi connectivity index (χ4v) is 4.62. The second kappa shape index (κ2) is 7.40. The van der Waals surface area contributed by atoms with Gasteiger partial charge in [0.1, 0.15) is 11.6 Å². The molecule has 154 valence electrons. The predicted molar refractivity (Wildman–Crippen MR) is 103 cm³/mol. The van der Waals surface area contributed by atoms with Gasteiger partial charge in [-0.3, -0.25) is 9.36 Å². The van der Waals surface area contributed by atoms with Crippen molar-refractivity contribution in [2.75, 3.05) is 12.4 Å². The number of aryl methyl sites for hydroxylation is 2. The summed E-state index contributed by atoms with van der Waals surface area (Å²) in [6.07, 6.45) is -3.11. The van der Waals surface area contributed by atoms with Crippen molar-refractivity contribution in [2.45, 2.75) is 37.1 Å². The molecular weight excluding hydrogens is 405 g/mol. The van der Waals surface area contributed by atoms with E-state index < -0.39 is 11.7 Å².